The second-order valence-corrected chi connectivity index (χ2v) is 6.79. The number of thioether (sulfide) groups is 1. The molecule has 1 saturated carbocycles. The number of carboxylic acids is 1. The molecular weight excluding hydrogens is 296 g/mol. The fourth-order valence-electron chi connectivity index (χ4n) is 1.98. The Morgan fingerprint density at radius 2 is 2.20 bits per heavy atom. The second kappa shape index (κ2) is 4.75. The van der Waals surface area contributed by atoms with Gasteiger partial charge in [0.2, 0.25) is 5.91 Å². The van der Waals surface area contributed by atoms with Gasteiger partial charge in [-0.15, -0.1) is 11.3 Å². The number of hydrogen-bond donors (Lipinski definition) is 2. The second-order valence-electron chi connectivity index (χ2n) is 4.71. The fraction of sp³-hybridized carbons (Fsp3) is 0.308. The van der Waals surface area contributed by atoms with Gasteiger partial charge in [-0.25, -0.2) is 4.98 Å². The lowest BCUT2D eigenvalue weighted by Crippen LogP contribution is -2.31. The molecule has 7 heteroatoms. The molecule has 2 aromatic rings. The molecule has 0 atom stereocenters. The summed E-state index contributed by atoms with van der Waals surface area (Å²) in [6.45, 7) is 0. The van der Waals surface area contributed by atoms with E-state index in [1.165, 1.54) is 0 Å². The maximum Gasteiger partial charge on any atom is 0.319 e. The number of benzene rings is 1. The average Bonchev–Trinajstić information content (AvgIpc) is 3.14. The predicted molar refractivity (Wildman–Crippen MR) is 79.3 cm³/mol. The molecule has 1 heterocycles. The highest BCUT2D eigenvalue weighted by molar-refractivity contribution is 8.00. The number of hydrogen-bond acceptors (Lipinski definition) is 5. The van der Waals surface area contributed by atoms with E-state index in [2.05, 4.69) is 10.3 Å². The molecule has 0 spiro atoms. The van der Waals surface area contributed by atoms with Crippen LogP contribution in [0.3, 0.4) is 0 Å². The number of carbonyl (C=O) groups excluding carboxylic acids is 1. The quantitative estimate of drug-likeness (QED) is 0.670. The van der Waals surface area contributed by atoms with Crippen molar-refractivity contribution in [1.29, 1.82) is 0 Å². The van der Waals surface area contributed by atoms with Gasteiger partial charge in [0.1, 0.15) is 5.41 Å². The van der Waals surface area contributed by atoms with E-state index < -0.39 is 17.3 Å². The number of carboxylic acid groups (broad SMARTS) is 1. The number of amides is 1. The molecule has 104 valence electrons. The first-order valence-corrected chi connectivity index (χ1v) is 8.09. The number of rotatable bonds is 4. The molecule has 5 nitrogen and oxygen atoms in total. The third-order valence-electron chi connectivity index (χ3n) is 3.40. The monoisotopic (exact) mass is 308 g/mol. The summed E-state index contributed by atoms with van der Waals surface area (Å²) in [5.41, 5.74) is 0.288. The average molecular weight is 308 g/mol. The van der Waals surface area contributed by atoms with Crippen LogP contribution in [0.4, 0.5) is 5.69 Å². The Balaban J connectivity index is 1.84. The van der Waals surface area contributed by atoms with Crippen molar-refractivity contribution >= 4 is 50.9 Å². The Morgan fingerprint density at radius 1 is 1.45 bits per heavy atom. The minimum atomic E-state index is -1.22. The number of nitrogens with one attached hydrogen (secondary N) is 1. The fourth-order valence-corrected chi connectivity index (χ4v) is 3.51. The van der Waals surface area contributed by atoms with E-state index in [4.69, 9.17) is 5.11 Å². The zero-order chi connectivity index (χ0) is 14.3. The Hall–Kier alpha value is -1.60. The summed E-state index contributed by atoms with van der Waals surface area (Å²) < 4.78 is 1.94. The molecule has 0 bridgehead atoms. The van der Waals surface area contributed by atoms with E-state index in [1.54, 1.807) is 29.2 Å². The lowest BCUT2D eigenvalue weighted by atomic mass is 10.1. The molecule has 20 heavy (non-hydrogen) atoms. The van der Waals surface area contributed by atoms with Crippen LogP contribution in [0.25, 0.3) is 10.2 Å². The van der Waals surface area contributed by atoms with Crippen LogP contribution in [0.15, 0.2) is 22.5 Å². The summed E-state index contributed by atoms with van der Waals surface area (Å²) in [5, 5.41) is 11.8. The highest BCUT2D eigenvalue weighted by Crippen LogP contribution is 2.46. The van der Waals surface area contributed by atoms with Crippen molar-refractivity contribution in [2.24, 2.45) is 5.41 Å². The Labute approximate surface area is 123 Å². The van der Waals surface area contributed by atoms with Gasteiger partial charge >= 0.3 is 5.97 Å². The molecule has 0 radical (unpaired) electrons. The van der Waals surface area contributed by atoms with E-state index in [1.807, 2.05) is 18.4 Å². The summed E-state index contributed by atoms with van der Waals surface area (Å²) in [6.07, 6.45) is 2.78. The van der Waals surface area contributed by atoms with Crippen LogP contribution in [0, 0.1) is 5.41 Å². The van der Waals surface area contributed by atoms with Crippen molar-refractivity contribution < 1.29 is 14.7 Å². The van der Waals surface area contributed by atoms with E-state index in [0.717, 1.165) is 14.6 Å². The van der Waals surface area contributed by atoms with Crippen molar-refractivity contribution in [2.45, 2.75) is 17.2 Å². The number of nitrogens with zero attached hydrogens (tertiary/aromatic N) is 1. The minimum Gasteiger partial charge on any atom is -0.480 e. The van der Waals surface area contributed by atoms with Crippen LogP contribution in [-0.2, 0) is 9.59 Å². The molecule has 1 fully saturated rings. The van der Waals surface area contributed by atoms with Crippen LogP contribution < -0.4 is 5.32 Å². The first-order chi connectivity index (χ1) is 9.55. The normalized spacial score (nSPS) is 16.1. The molecule has 1 aliphatic rings. The highest BCUT2D eigenvalue weighted by Gasteiger charge is 2.57. The molecule has 0 saturated heterocycles. The van der Waals surface area contributed by atoms with E-state index >= 15 is 0 Å². The largest absolute Gasteiger partial charge is 0.480 e. The van der Waals surface area contributed by atoms with Gasteiger partial charge in [-0.1, -0.05) is 11.8 Å². The summed E-state index contributed by atoms with van der Waals surface area (Å²) >= 11 is 3.13. The van der Waals surface area contributed by atoms with Crippen molar-refractivity contribution in [3.05, 3.63) is 18.2 Å². The van der Waals surface area contributed by atoms with Gasteiger partial charge in [0.15, 0.2) is 4.34 Å². The lowest BCUT2D eigenvalue weighted by molar-refractivity contribution is -0.147. The van der Waals surface area contributed by atoms with Gasteiger partial charge in [0, 0.05) is 5.69 Å². The number of carbonyl (C=O) groups is 2. The van der Waals surface area contributed by atoms with Crippen molar-refractivity contribution in [2.75, 3.05) is 11.6 Å². The molecule has 1 aromatic carbocycles. The summed E-state index contributed by atoms with van der Waals surface area (Å²) in [6, 6.07) is 5.42. The number of aliphatic carboxylic acids is 1. The van der Waals surface area contributed by atoms with Gasteiger partial charge in [-0.3, -0.25) is 9.59 Å². The van der Waals surface area contributed by atoms with Crippen LogP contribution in [0.2, 0.25) is 0 Å². The topological polar surface area (TPSA) is 79.3 Å². The van der Waals surface area contributed by atoms with Gasteiger partial charge in [-0.2, -0.15) is 0 Å². The van der Waals surface area contributed by atoms with Crippen molar-refractivity contribution in [1.82, 2.24) is 4.98 Å². The van der Waals surface area contributed by atoms with Gasteiger partial charge < -0.3 is 10.4 Å². The maximum absolute atomic E-state index is 12.0. The van der Waals surface area contributed by atoms with Gasteiger partial charge in [0.05, 0.1) is 10.2 Å². The van der Waals surface area contributed by atoms with Crippen LogP contribution in [-0.4, -0.2) is 28.2 Å². The van der Waals surface area contributed by atoms with Gasteiger partial charge in [0.25, 0.3) is 0 Å². The molecule has 0 aliphatic heterocycles. The first-order valence-electron chi connectivity index (χ1n) is 6.04. The van der Waals surface area contributed by atoms with Crippen LogP contribution in [0.1, 0.15) is 12.8 Å². The van der Waals surface area contributed by atoms with Gasteiger partial charge in [-0.05, 0) is 37.3 Å². The number of aromatic nitrogens is 1. The molecular formula is C13H12N2O3S2. The predicted octanol–water partition coefficient (Wildman–Crippen LogP) is 2.82. The summed E-state index contributed by atoms with van der Waals surface area (Å²) in [5.74, 6) is -1.47. The Bertz CT molecular complexity index is 707. The zero-order valence-electron chi connectivity index (χ0n) is 10.7. The summed E-state index contributed by atoms with van der Waals surface area (Å²) in [4.78, 5) is 27.5. The highest BCUT2D eigenvalue weighted by atomic mass is 32.2. The lowest BCUT2D eigenvalue weighted by Gasteiger charge is -2.10. The molecule has 1 amide bonds. The first kappa shape index (κ1) is 13.4. The molecule has 0 unspecified atom stereocenters. The Kier molecular flexibility index (Phi) is 3.18. The Morgan fingerprint density at radius 3 is 2.80 bits per heavy atom. The third-order valence-corrected chi connectivity index (χ3v) is 5.40. The zero-order valence-corrected chi connectivity index (χ0v) is 12.3. The third kappa shape index (κ3) is 2.16. The maximum atomic E-state index is 12.0. The SMILES string of the molecule is CSc1nc2ccc(NC(=O)C3(C(=O)O)CC3)cc2s1. The van der Waals surface area contributed by atoms with Crippen molar-refractivity contribution in [3.8, 4) is 0 Å². The standard InChI is InChI=1S/C13H12N2O3S2/c1-19-12-15-8-3-2-7(6-9(8)20-12)14-10(16)13(4-5-13)11(17)18/h2-3,6H,4-5H2,1H3,(H,14,16)(H,17,18). The number of fused-ring (bicyclic) bond motifs is 1. The van der Waals surface area contributed by atoms with E-state index in [-0.39, 0.29) is 0 Å². The van der Waals surface area contributed by atoms with E-state index in [9.17, 15) is 9.59 Å². The molecule has 2 N–H and O–H groups in total. The number of thiazole rings is 1. The number of anilines is 1. The minimum absolute atomic E-state index is 0.410. The molecule has 3 rings (SSSR count). The summed E-state index contributed by atoms with van der Waals surface area (Å²) in [7, 11) is 0. The smallest absolute Gasteiger partial charge is 0.319 e. The van der Waals surface area contributed by atoms with Crippen LogP contribution >= 0.6 is 23.1 Å². The molecule has 1 aliphatic carbocycles. The van der Waals surface area contributed by atoms with E-state index in [0.29, 0.717) is 18.5 Å². The van der Waals surface area contributed by atoms with Crippen molar-refractivity contribution in [3.63, 3.8) is 0 Å². The van der Waals surface area contributed by atoms with Crippen LogP contribution in [0.5, 0.6) is 0 Å². The molecule has 1 aromatic heterocycles.